The summed E-state index contributed by atoms with van der Waals surface area (Å²) in [6, 6.07) is 12.8. The Morgan fingerprint density at radius 2 is 2.00 bits per heavy atom. The fraction of sp³-hybridized carbons (Fsp3) is 0.167. The van der Waals surface area contributed by atoms with Crippen molar-refractivity contribution in [3.05, 3.63) is 63.4 Å². The molecule has 3 aromatic rings. The van der Waals surface area contributed by atoms with E-state index in [9.17, 15) is 4.79 Å². The van der Waals surface area contributed by atoms with Gasteiger partial charge in [-0.2, -0.15) is 4.98 Å². The number of halogens is 2. The summed E-state index contributed by atoms with van der Waals surface area (Å²) in [4.78, 5) is 16.4. The second kappa shape index (κ2) is 7.80. The van der Waals surface area contributed by atoms with Gasteiger partial charge in [0.1, 0.15) is 0 Å². The second-order valence-corrected chi connectivity index (χ2v) is 6.82. The molecular formula is C18H15BrClN3O2. The minimum absolute atomic E-state index is 0.104. The molecule has 0 saturated carbocycles. The average molecular weight is 421 g/mol. The lowest BCUT2D eigenvalue weighted by Crippen LogP contribution is -2.12. The molecule has 0 aliphatic carbocycles. The lowest BCUT2D eigenvalue weighted by atomic mass is 10.2. The first kappa shape index (κ1) is 17.6. The molecule has 5 nitrogen and oxygen atoms in total. The van der Waals surface area contributed by atoms with E-state index in [-0.39, 0.29) is 12.3 Å². The summed E-state index contributed by atoms with van der Waals surface area (Å²) in [5.41, 5.74) is 2.63. The highest BCUT2D eigenvalue weighted by Gasteiger charge is 2.11. The third kappa shape index (κ3) is 4.67. The van der Waals surface area contributed by atoms with E-state index in [4.69, 9.17) is 16.1 Å². The number of aromatic nitrogens is 2. The van der Waals surface area contributed by atoms with Gasteiger partial charge in [-0.25, -0.2) is 0 Å². The summed E-state index contributed by atoms with van der Waals surface area (Å²) in [6.45, 7) is 1.97. The van der Waals surface area contributed by atoms with Crippen molar-refractivity contribution >= 4 is 39.1 Å². The molecule has 0 bridgehead atoms. The number of rotatable bonds is 5. The Bertz CT molecular complexity index is 894. The molecule has 1 N–H and O–H groups in total. The van der Waals surface area contributed by atoms with Crippen molar-refractivity contribution in [1.29, 1.82) is 0 Å². The highest BCUT2D eigenvalue weighted by Crippen LogP contribution is 2.21. The summed E-state index contributed by atoms with van der Waals surface area (Å²) in [5.74, 6) is 0.802. The van der Waals surface area contributed by atoms with Crippen molar-refractivity contribution < 1.29 is 9.32 Å². The van der Waals surface area contributed by atoms with E-state index in [2.05, 4.69) is 31.4 Å². The van der Waals surface area contributed by atoms with E-state index in [1.54, 1.807) is 12.1 Å². The summed E-state index contributed by atoms with van der Waals surface area (Å²) in [6.07, 6.45) is 0.638. The number of benzene rings is 2. The predicted octanol–water partition coefficient (Wildman–Crippen LogP) is 5.03. The van der Waals surface area contributed by atoms with Gasteiger partial charge in [0.15, 0.2) is 0 Å². The number of carbonyl (C=O) groups is 1. The number of hydrogen-bond acceptors (Lipinski definition) is 4. The Balaban J connectivity index is 1.57. The summed E-state index contributed by atoms with van der Waals surface area (Å²) in [7, 11) is 0. The number of nitrogens with one attached hydrogen (secondary N) is 1. The van der Waals surface area contributed by atoms with Crippen molar-refractivity contribution in [1.82, 2.24) is 10.1 Å². The smallest absolute Gasteiger partial charge is 0.227 e. The first-order chi connectivity index (χ1) is 12.0. The highest BCUT2D eigenvalue weighted by molar-refractivity contribution is 9.10. The topological polar surface area (TPSA) is 68.0 Å². The third-order valence-electron chi connectivity index (χ3n) is 3.58. The van der Waals surface area contributed by atoms with Crippen LogP contribution in [0.3, 0.4) is 0 Å². The number of nitrogens with zero attached hydrogens (tertiary/aromatic N) is 2. The van der Waals surface area contributed by atoms with Crippen LogP contribution >= 0.6 is 27.5 Å². The molecule has 1 amide bonds. The van der Waals surface area contributed by atoms with E-state index in [1.165, 1.54) is 0 Å². The summed E-state index contributed by atoms with van der Waals surface area (Å²) in [5, 5.41) is 7.44. The van der Waals surface area contributed by atoms with Crippen LogP contribution in [0.25, 0.3) is 11.4 Å². The molecule has 0 unspecified atom stereocenters. The van der Waals surface area contributed by atoms with Gasteiger partial charge in [0, 0.05) is 33.6 Å². The quantitative estimate of drug-likeness (QED) is 0.628. The molecule has 2 aromatic carbocycles. The van der Waals surface area contributed by atoms with Crippen LogP contribution in [-0.2, 0) is 11.2 Å². The molecule has 0 atom stereocenters. The number of aryl methyl sites for hydroxylation is 2. The van der Waals surface area contributed by atoms with Crippen LogP contribution < -0.4 is 5.32 Å². The lowest BCUT2D eigenvalue weighted by molar-refractivity contribution is -0.116. The molecule has 0 aliphatic heterocycles. The van der Waals surface area contributed by atoms with E-state index in [0.717, 1.165) is 21.3 Å². The largest absolute Gasteiger partial charge is 0.339 e. The maximum absolute atomic E-state index is 12.1. The van der Waals surface area contributed by atoms with E-state index < -0.39 is 0 Å². The highest BCUT2D eigenvalue weighted by atomic mass is 79.9. The molecule has 0 saturated heterocycles. The summed E-state index contributed by atoms with van der Waals surface area (Å²) < 4.78 is 6.21. The molecule has 7 heteroatoms. The number of hydrogen-bond donors (Lipinski definition) is 1. The maximum Gasteiger partial charge on any atom is 0.227 e. The molecule has 0 fully saturated rings. The molecule has 25 heavy (non-hydrogen) atoms. The van der Waals surface area contributed by atoms with Crippen molar-refractivity contribution in [3.63, 3.8) is 0 Å². The van der Waals surface area contributed by atoms with Crippen LogP contribution in [0, 0.1) is 6.92 Å². The van der Waals surface area contributed by atoms with Gasteiger partial charge >= 0.3 is 0 Å². The second-order valence-electron chi connectivity index (χ2n) is 5.53. The van der Waals surface area contributed by atoms with Gasteiger partial charge in [0.25, 0.3) is 0 Å². The van der Waals surface area contributed by atoms with Crippen molar-refractivity contribution in [2.24, 2.45) is 0 Å². The Labute approximate surface area is 158 Å². The first-order valence-electron chi connectivity index (χ1n) is 7.66. The lowest BCUT2D eigenvalue weighted by Gasteiger charge is -2.06. The Morgan fingerprint density at radius 1 is 1.24 bits per heavy atom. The van der Waals surface area contributed by atoms with Gasteiger partial charge in [0.05, 0.1) is 0 Å². The molecule has 128 valence electrons. The Hall–Kier alpha value is -2.18. The van der Waals surface area contributed by atoms with Crippen LogP contribution in [-0.4, -0.2) is 16.0 Å². The Morgan fingerprint density at radius 3 is 2.72 bits per heavy atom. The monoisotopic (exact) mass is 419 g/mol. The fourth-order valence-electron chi connectivity index (χ4n) is 2.24. The number of amides is 1. The standard InChI is InChI=1S/C18H15BrClN3O2/c1-11-10-14(6-7-15(11)19)21-16(24)8-9-17-22-18(23-25-17)12-2-4-13(20)5-3-12/h2-7,10H,8-9H2,1H3,(H,21,24). The van der Waals surface area contributed by atoms with Crippen molar-refractivity contribution in [2.75, 3.05) is 5.32 Å². The predicted molar refractivity (Wildman–Crippen MR) is 101 cm³/mol. The van der Waals surface area contributed by atoms with Gasteiger partial charge in [0.2, 0.25) is 17.6 Å². The average Bonchev–Trinajstić information content (AvgIpc) is 3.06. The number of anilines is 1. The van der Waals surface area contributed by atoms with Crippen molar-refractivity contribution in [3.8, 4) is 11.4 Å². The van der Waals surface area contributed by atoms with E-state index in [1.807, 2.05) is 37.3 Å². The van der Waals surface area contributed by atoms with Gasteiger partial charge in [-0.15, -0.1) is 0 Å². The summed E-state index contributed by atoms with van der Waals surface area (Å²) >= 11 is 9.30. The zero-order valence-corrected chi connectivity index (χ0v) is 15.8. The molecule has 0 aliphatic rings. The van der Waals surface area contributed by atoms with Gasteiger partial charge in [-0.1, -0.05) is 32.7 Å². The zero-order chi connectivity index (χ0) is 17.8. The molecular weight excluding hydrogens is 406 g/mol. The third-order valence-corrected chi connectivity index (χ3v) is 4.72. The molecule has 3 rings (SSSR count). The Kier molecular flexibility index (Phi) is 5.50. The van der Waals surface area contributed by atoms with Crippen LogP contribution in [0.4, 0.5) is 5.69 Å². The van der Waals surface area contributed by atoms with E-state index in [0.29, 0.717) is 23.2 Å². The SMILES string of the molecule is Cc1cc(NC(=O)CCc2nc(-c3ccc(Cl)cc3)no2)ccc1Br. The van der Waals surface area contributed by atoms with Crippen LogP contribution in [0.2, 0.25) is 5.02 Å². The van der Waals surface area contributed by atoms with Crippen LogP contribution in [0.15, 0.2) is 51.5 Å². The van der Waals surface area contributed by atoms with Gasteiger partial charge in [-0.05, 0) is 55.0 Å². The zero-order valence-electron chi connectivity index (χ0n) is 13.4. The van der Waals surface area contributed by atoms with Crippen LogP contribution in [0.1, 0.15) is 17.9 Å². The van der Waals surface area contributed by atoms with Crippen LogP contribution in [0.5, 0.6) is 0 Å². The fourth-order valence-corrected chi connectivity index (χ4v) is 2.61. The number of carbonyl (C=O) groups excluding carboxylic acids is 1. The first-order valence-corrected chi connectivity index (χ1v) is 8.83. The maximum atomic E-state index is 12.1. The molecule has 1 heterocycles. The normalized spacial score (nSPS) is 10.7. The molecule has 0 spiro atoms. The molecule has 0 radical (unpaired) electrons. The molecule has 1 aromatic heterocycles. The van der Waals surface area contributed by atoms with Crippen molar-refractivity contribution in [2.45, 2.75) is 19.8 Å². The van der Waals surface area contributed by atoms with E-state index >= 15 is 0 Å². The minimum Gasteiger partial charge on any atom is -0.339 e. The van der Waals surface area contributed by atoms with Gasteiger partial charge in [-0.3, -0.25) is 4.79 Å². The van der Waals surface area contributed by atoms with Gasteiger partial charge < -0.3 is 9.84 Å². The minimum atomic E-state index is -0.104.